The van der Waals surface area contributed by atoms with Gasteiger partial charge in [-0.2, -0.15) is 4.99 Å². The van der Waals surface area contributed by atoms with E-state index in [1.807, 2.05) is 97.6 Å². The van der Waals surface area contributed by atoms with Crippen LogP contribution in [-0.2, 0) is 22.6 Å². The zero-order valence-corrected chi connectivity index (χ0v) is 20.5. The molecule has 5 rings (SSSR count). The largest absolute Gasteiger partial charge is 0.351 e. The summed E-state index contributed by atoms with van der Waals surface area (Å²) in [4.78, 5) is 37.1. The molecule has 2 heterocycles. The number of aryl methyl sites for hydroxylation is 1. The lowest BCUT2D eigenvalue weighted by molar-refractivity contribution is -0.120. The summed E-state index contributed by atoms with van der Waals surface area (Å²) in [6, 6.07) is 25.2. The monoisotopic (exact) mass is 482 g/mol. The number of amides is 2. The van der Waals surface area contributed by atoms with Crippen LogP contribution in [0.15, 0.2) is 88.8 Å². The zero-order chi connectivity index (χ0) is 24.4. The molecule has 0 saturated carbocycles. The van der Waals surface area contributed by atoms with E-state index in [-0.39, 0.29) is 11.8 Å². The molecule has 0 bridgehead atoms. The van der Waals surface area contributed by atoms with Gasteiger partial charge in [-0.1, -0.05) is 84.1 Å². The molecule has 2 unspecified atom stereocenters. The standard InChI is InChI=1S/C28H26N4O2S/c1-18-12-14-21(15-13-18)17-29-26(33)19(2)35-28-30-23-11-7-6-10-22(23)25-31-27(34)24(32(25)28)16-20-8-4-3-5-9-20/h3-15,19,24H,16-17H2,1-2H3,(H,29,33). The Morgan fingerprint density at radius 1 is 0.971 bits per heavy atom. The molecule has 0 spiro atoms. The van der Waals surface area contributed by atoms with E-state index in [1.54, 1.807) is 0 Å². The molecule has 2 amide bonds. The molecule has 35 heavy (non-hydrogen) atoms. The first-order valence-corrected chi connectivity index (χ1v) is 12.5. The van der Waals surface area contributed by atoms with Crippen LogP contribution < -0.4 is 5.32 Å². The smallest absolute Gasteiger partial charge is 0.271 e. The van der Waals surface area contributed by atoms with Gasteiger partial charge >= 0.3 is 0 Å². The normalized spacial score (nSPS) is 17.3. The number of aliphatic imine (C=N–C) groups is 2. The topological polar surface area (TPSA) is 74.1 Å². The number of thioether (sulfide) groups is 1. The van der Waals surface area contributed by atoms with Crippen LogP contribution in [0.3, 0.4) is 0 Å². The van der Waals surface area contributed by atoms with Crippen molar-refractivity contribution >= 4 is 40.3 Å². The number of rotatable bonds is 6. The van der Waals surface area contributed by atoms with E-state index in [2.05, 4.69) is 10.3 Å². The van der Waals surface area contributed by atoms with Crippen molar-refractivity contribution in [2.45, 2.75) is 38.1 Å². The summed E-state index contributed by atoms with van der Waals surface area (Å²) in [7, 11) is 0. The second kappa shape index (κ2) is 9.88. The summed E-state index contributed by atoms with van der Waals surface area (Å²) in [6.07, 6.45) is 0.516. The number of para-hydroxylation sites is 1. The van der Waals surface area contributed by atoms with E-state index >= 15 is 0 Å². The number of hydrogen-bond acceptors (Lipinski definition) is 5. The first-order chi connectivity index (χ1) is 17.0. The molecule has 176 valence electrons. The second-order valence-corrected chi connectivity index (χ2v) is 10.0. The molecule has 2 aliphatic heterocycles. The highest BCUT2D eigenvalue weighted by atomic mass is 32.2. The molecule has 6 nitrogen and oxygen atoms in total. The molecule has 7 heteroatoms. The fraction of sp³-hybridized carbons (Fsp3) is 0.214. The molecule has 0 radical (unpaired) electrons. The number of benzene rings is 3. The van der Waals surface area contributed by atoms with Gasteiger partial charge in [-0.25, -0.2) is 4.99 Å². The summed E-state index contributed by atoms with van der Waals surface area (Å²) in [5, 5.41) is 3.23. The van der Waals surface area contributed by atoms with Crippen LogP contribution in [0.2, 0.25) is 0 Å². The highest BCUT2D eigenvalue weighted by molar-refractivity contribution is 8.14. The van der Waals surface area contributed by atoms with Crippen molar-refractivity contribution in [2.75, 3.05) is 0 Å². The highest BCUT2D eigenvalue weighted by Crippen LogP contribution is 2.36. The Morgan fingerprint density at radius 2 is 1.69 bits per heavy atom. The Kier molecular flexibility index (Phi) is 6.51. The lowest BCUT2D eigenvalue weighted by atomic mass is 10.0. The van der Waals surface area contributed by atoms with Gasteiger partial charge in [0.15, 0.2) is 5.17 Å². The Morgan fingerprint density at radius 3 is 2.46 bits per heavy atom. The van der Waals surface area contributed by atoms with Gasteiger partial charge in [-0.05, 0) is 37.1 Å². The van der Waals surface area contributed by atoms with Gasteiger partial charge in [-0.3, -0.25) is 14.5 Å². The maximum absolute atomic E-state index is 13.0. The van der Waals surface area contributed by atoms with Crippen LogP contribution in [0.1, 0.15) is 29.2 Å². The molecular formula is C28H26N4O2S. The van der Waals surface area contributed by atoms with Crippen molar-refractivity contribution in [3.8, 4) is 0 Å². The predicted molar refractivity (Wildman–Crippen MR) is 141 cm³/mol. The summed E-state index contributed by atoms with van der Waals surface area (Å²) in [6.45, 7) is 4.36. The molecule has 0 saturated heterocycles. The van der Waals surface area contributed by atoms with Gasteiger partial charge in [-0.15, -0.1) is 0 Å². The SMILES string of the molecule is Cc1ccc(CNC(=O)C(C)SC2=Nc3ccccc3C3=NC(=O)C(Cc4ccccc4)N23)cc1. The van der Waals surface area contributed by atoms with Crippen LogP contribution >= 0.6 is 11.8 Å². The Hall–Kier alpha value is -3.71. The first kappa shape index (κ1) is 23.1. The van der Waals surface area contributed by atoms with Crippen molar-refractivity contribution < 1.29 is 9.59 Å². The van der Waals surface area contributed by atoms with Crippen molar-refractivity contribution in [3.05, 3.63) is 101 Å². The third kappa shape index (κ3) is 4.91. The number of hydrogen-bond donors (Lipinski definition) is 1. The van der Waals surface area contributed by atoms with Crippen molar-refractivity contribution in [2.24, 2.45) is 9.98 Å². The maximum atomic E-state index is 13.0. The van der Waals surface area contributed by atoms with Gasteiger partial charge in [0, 0.05) is 18.5 Å². The molecule has 0 aromatic heterocycles. The minimum atomic E-state index is -0.491. The maximum Gasteiger partial charge on any atom is 0.271 e. The third-order valence-corrected chi connectivity index (χ3v) is 7.19. The molecular weight excluding hydrogens is 456 g/mol. The number of amidine groups is 2. The molecule has 2 atom stereocenters. The quantitative estimate of drug-likeness (QED) is 0.556. The summed E-state index contributed by atoms with van der Waals surface area (Å²) < 4.78 is 0. The molecule has 3 aromatic rings. The van der Waals surface area contributed by atoms with Gasteiger partial charge < -0.3 is 5.32 Å². The van der Waals surface area contributed by atoms with Gasteiger partial charge in [0.25, 0.3) is 5.91 Å². The van der Waals surface area contributed by atoms with Crippen LogP contribution in [0.5, 0.6) is 0 Å². The minimum Gasteiger partial charge on any atom is -0.351 e. The van der Waals surface area contributed by atoms with E-state index in [0.29, 0.717) is 24.0 Å². The summed E-state index contributed by atoms with van der Waals surface area (Å²) in [5.41, 5.74) is 4.87. The second-order valence-electron chi connectivity index (χ2n) is 8.72. The number of nitrogens with one attached hydrogen (secondary N) is 1. The number of nitrogens with zero attached hydrogens (tertiary/aromatic N) is 3. The highest BCUT2D eigenvalue weighted by Gasteiger charge is 2.42. The molecule has 0 fully saturated rings. The average molecular weight is 483 g/mol. The molecule has 1 N–H and O–H groups in total. The van der Waals surface area contributed by atoms with Crippen LogP contribution in [0.4, 0.5) is 5.69 Å². The van der Waals surface area contributed by atoms with E-state index < -0.39 is 11.3 Å². The van der Waals surface area contributed by atoms with Crippen molar-refractivity contribution in [3.63, 3.8) is 0 Å². The third-order valence-electron chi connectivity index (χ3n) is 6.12. The molecule has 3 aromatic carbocycles. The van der Waals surface area contributed by atoms with Crippen LogP contribution in [0.25, 0.3) is 0 Å². The number of carbonyl (C=O) groups excluding carboxylic acids is 2. The molecule has 2 aliphatic rings. The number of fused-ring (bicyclic) bond motifs is 3. The predicted octanol–water partition coefficient (Wildman–Crippen LogP) is 4.63. The van der Waals surface area contributed by atoms with E-state index in [4.69, 9.17) is 4.99 Å². The van der Waals surface area contributed by atoms with Crippen LogP contribution in [-0.4, -0.2) is 39.0 Å². The average Bonchev–Trinajstić information content (AvgIpc) is 3.20. The zero-order valence-electron chi connectivity index (χ0n) is 19.6. The Labute approximate surface area is 209 Å². The Bertz CT molecular complexity index is 1320. The van der Waals surface area contributed by atoms with Gasteiger partial charge in [0.05, 0.1) is 10.9 Å². The van der Waals surface area contributed by atoms with Crippen LogP contribution in [0, 0.1) is 6.92 Å². The minimum absolute atomic E-state index is 0.0826. The lowest BCUT2D eigenvalue weighted by Crippen LogP contribution is -2.45. The van der Waals surface area contributed by atoms with E-state index in [0.717, 1.165) is 22.4 Å². The fourth-order valence-corrected chi connectivity index (χ4v) is 5.16. The number of carbonyl (C=O) groups is 2. The lowest BCUT2D eigenvalue weighted by Gasteiger charge is -2.32. The van der Waals surface area contributed by atoms with E-state index in [1.165, 1.54) is 17.3 Å². The molecule has 0 aliphatic carbocycles. The van der Waals surface area contributed by atoms with Crippen molar-refractivity contribution in [1.29, 1.82) is 0 Å². The van der Waals surface area contributed by atoms with Gasteiger partial charge in [0.2, 0.25) is 5.91 Å². The summed E-state index contributed by atoms with van der Waals surface area (Å²) >= 11 is 1.35. The Balaban J connectivity index is 1.37. The fourth-order valence-electron chi connectivity index (χ4n) is 4.17. The van der Waals surface area contributed by atoms with E-state index in [9.17, 15) is 9.59 Å². The summed E-state index contributed by atoms with van der Waals surface area (Å²) in [5.74, 6) is 0.336. The first-order valence-electron chi connectivity index (χ1n) is 11.6. The van der Waals surface area contributed by atoms with Crippen molar-refractivity contribution in [1.82, 2.24) is 10.2 Å². The van der Waals surface area contributed by atoms with Gasteiger partial charge in [0.1, 0.15) is 11.9 Å².